The summed E-state index contributed by atoms with van der Waals surface area (Å²) in [5.41, 5.74) is 0. The molecule has 0 spiro atoms. The molecule has 2 aromatic heterocycles. The first-order chi connectivity index (χ1) is 12.5. The molecule has 26 heavy (non-hydrogen) atoms. The fraction of sp³-hybridized carbons (Fsp3) is 0.562. The highest BCUT2D eigenvalue weighted by Crippen LogP contribution is 2.33. The van der Waals surface area contributed by atoms with Crippen molar-refractivity contribution >= 4 is 27.6 Å². The SMILES string of the molecule is CSc1nnc(CCCNc2ccc(S(N)(=O)=O)c[nH+]2)n1C1CCCC1. The van der Waals surface area contributed by atoms with Crippen LogP contribution in [-0.2, 0) is 16.4 Å². The molecule has 0 aliphatic heterocycles. The van der Waals surface area contributed by atoms with E-state index in [1.807, 2.05) is 6.26 Å². The van der Waals surface area contributed by atoms with Gasteiger partial charge in [0.25, 0.3) is 5.82 Å². The lowest BCUT2D eigenvalue weighted by atomic mass is 10.2. The van der Waals surface area contributed by atoms with Gasteiger partial charge in [0.2, 0.25) is 10.0 Å². The van der Waals surface area contributed by atoms with E-state index >= 15 is 0 Å². The van der Waals surface area contributed by atoms with Crippen LogP contribution in [0.15, 0.2) is 28.4 Å². The van der Waals surface area contributed by atoms with Gasteiger partial charge in [0.05, 0.1) is 6.54 Å². The zero-order valence-corrected chi connectivity index (χ0v) is 16.4. The summed E-state index contributed by atoms with van der Waals surface area (Å²) >= 11 is 1.65. The molecule has 1 fully saturated rings. The molecule has 3 rings (SSSR count). The number of thioether (sulfide) groups is 1. The summed E-state index contributed by atoms with van der Waals surface area (Å²) in [7, 11) is -3.67. The average molecular weight is 398 g/mol. The van der Waals surface area contributed by atoms with Crippen LogP contribution >= 0.6 is 11.8 Å². The fourth-order valence-corrected chi connectivity index (χ4v) is 4.37. The maximum Gasteiger partial charge on any atom is 0.272 e. The van der Waals surface area contributed by atoms with Gasteiger partial charge in [-0.2, -0.15) is 0 Å². The summed E-state index contributed by atoms with van der Waals surface area (Å²) in [5, 5.41) is 18.1. The second-order valence-corrected chi connectivity index (χ2v) is 8.76. The number of hydrogen-bond acceptors (Lipinski definition) is 6. The van der Waals surface area contributed by atoms with Crippen LogP contribution < -0.4 is 15.4 Å². The molecule has 2 aromatic rings. The number of aromatic nitrogens is 4. The molecule has 1 saturated carbocycles. The van der Waals surface area contributed by atoms with Crippen molar-refractivity contribution in [1.29, 1.82) is 0 Å². The molecule has 0 saturated heterocycles. The van der Waals surface area contributed by atoms with Crippen molar-refractivity contribution < 1.29 is 13.4 Å². The van der Waals surface area contributed by atoms with Crippen molar-refractivity contribution in [2.45, 2.75) is 54.6 Å². The molecule has 10 heteroatoms. The number of hydrogen-bond donors (Lipinski definition) is 2. The number of primary sulfonamides is 1. The van der Waals surface area contributed by atoms with Crippen molar-refractivity contribution in [3.63, 3.8) is 0 Å². The Hall–Kier alpha value is -1.65. The molecular weight excluding hydrogens is 372 g/mol. The lowest BCUT2D eigenvalue weighted by molar-refractivity contribution is -0.364. The maximum absolute atomic E-state index is 11.2. The largest absolute Gasteiger partial charge is 0.303 e. The summed E-state index contributed by atoms with van der Waals surface area (Å²) in [6.07, 6.45) is 10.2. The molecule has 4 N–H and O–H groups in total. The van der Waals surface area contributed by atoms with Crippen molar-refractivity contribution in [1.82, 2.24) is 14.8 Å². The molecular formula is C16H25N6O2S2+. The zero-order valence-electron chi connectivity index (χ0n) is 14.8. The smallest absolute Gasteiger partial charge is 0.272 e. The molecule has 2 heterocycles. The van der Waals surface area contributed by atoms with E-state index in [1.54, 1.807) is 17.8 Å². The summed E-state index contributed by atoms with van der Waals surface area (Å²) in [5.74, 6) is 1.80. The fourth-order valence-electron chi connectivity index (χ4n) is 3.31. The molecule has 0 unspecified atom stereocenters. The monoisotopic (exact) mass is 397 g/mol. The van der Waals surface area contributed by atoms with Crippen LogP contribution in [0.4, 0.5) is 5.82 Å². The van der Waals surface area contributed by atoms with Gasteiger partial charge < -0.3 is 4.57 Å². The number of rotatable bonds is 8. The van der Waals surface area contributed by atoms with E-state index < -0.39 is 10.0 Å². The van der Waals surface area contributed by atoms with E-state index in [1.165, 1.54) is 37.9 Å². The van der Waals surface area contributed by atoms with Crippen molar-refractivity contribution in [2.75, 3.05) is 18.1 Å². The highest BCUT2D eigenvalue weighted by molar-refractivity contribution is 7.98. The number of sulfonamides is 1. The van der Waals surface area contributed by atoms with Crippen molar-refractivity contribution in [3.8, 4) is 0 Å². The number of aromatic amines is 1. The predicted molar refractivity (Wildman–Crippen MR) is 100 cm³/mol. The highest BCUT2D eigenvalue weighted by atomic mass is 32.2. The lowest BCUT2D eigenvalue weighted by Gasteiger charge is -2.16. The first-order valence-corrected chi connectivity index (χ1v) is 11.5. The van der Waals surface area contributed by atoms with E-state index in [4.69, 9.17) is 5.14 Å². The van der Waals surface area contributed by atoms with Crippen LogP contribution in [0.2, 0.25) is 0 Å². The topological polar surface area (TPSA) is 117 Å². The summed E-state index contributed by atoms with van der Waals surface area (Å²) < 4.78 is 24.8. The molecule has 8 nitrogen and oxygen atoms in total. The van der Waals surface area contributed by atoms with E-state index in [0.29, 0.717) is 6.04 Å². The van der Waals surface area contributed by atoms with Gasteiger partial charge in [0, 0.05) is 18.5 Å². The molecule has 142 valence electrons. The Morgan fingerprint density at radius 3 is 2.73 bits per heavy atom. The molecule has 0 aromatic carbocycles. The maximum atomic E-state index is 11.2. The Balaban J connectivity index is 1.55. The number of anilines is 1. The average Bonchev–Trinajstić information content (AvgIpc) is 3.27. The van der Waals surface area contributed by atoms with E-state index in [2.05, 4.69) is 25.1 Å². The van der Waals surface area contributed by atoms with Crippen LogP contribution in [0, 0.1) is 0 Å². The molecule has 0 amide bonds. The van der Waals surface area contributed by atoms with E-state index in [0.717, 1.165) is 36.2 Å². The first kappa shape index (κ1) is 19.1. The highest BCUT2D eigenvalue weighted by Gasteiger charge is 2.23. The van der Waals surface area contributed by atoms with Gasteiger partial charge in [-0.25, -0.2) is 18.5 Å². The van der Waals surface area contributed by atoms with Crippen LogP contribution in [-0.4, -0.2) is 36.0 Å². The van der Waals surface area contributed by atoms with Crippen molar-refractivity contribution in [3.05, 3.63) is 24.2 Å². The third-order valence-electron chi connectivity index (χ3n) is 4.61. The Bertz CT molecular complexity index is 829. The van der Waals surface area contributed by atoms with Gasteiger partial charge >= 0.3 is 0 Å². The van der Waals surface area contributed by atoms with Gasteiger partial charge in [-0.05, 0) is 31.6 Å². The van der Waals surface area contributed by atoms with Gasteiger partial charge in [-0.3, -0.25) is 5.32 Å². The lowest BCUT2D eigenvalue weighted by Crippen LogP contribution is -2.19. The Kier molecular flexibility index (Phi) is 6.15. The zero-order chi connectivity index (χ0) is 18.6. The Morgan fingerprint density at radius 1 is 1.35 bits per heavy atom. The molecule has 0 bridgehead atoms. The minimum Gasteiger partial charge on any atom is -0.303 e. The Labute approximate surface area is 158 Å². The minimum atomic E-state index is -3.67. The van der Waals surface area contributed by atoms with Gasteiger partial charge in [0.1, 0.15) is 16.9 Å². The van der Waals surface area contributed by atoms with E-state index in [9.17, 15) is 8.42 Å². The minimum absolute atomic E-state index is 0.0670. The normalized spacial score (nSPS) is 15.5. The third-order valence-corrected chi connectivity index (χ3v) is 6.17. The van der Waals surface area contributed by atoms with Crippen molar-refractivity contribution in [2.24, 2.45) is 5.14 Å². The quantitative estimate of drug-likeness (QED) is 0.516. The van der Waals surface area contributed by atoms with Gasteiger partial charge in [-0.15, -0.1) is 10.2 Å². The van der Waals surface area contributed by atoms with Crippen LogP contribution in [0.5, 0.6) is 0 Å². The van der Waals surface area contributed by atoms with Crippen LogP contribution in [0.1, 0.15) is 44.0 Å². The third kappa shape index (κ3) is 4.54. The second-order valence-electron chi connectivity index (χ2n) is 6.42. The summed E-state index contributed by atoms with van der Waals surface area (Å²) in [4.78, 5) is 2.97. The van der Waals surface area contributed by atoms with E-state index in [-0.39, 0.29) is 4.90 Å². The number of H-pyrrole nitrogens is 1. The number of aryl methyl sites for hydroxylation is 1. The van der Waals surface area contributed by atoms with Gasteiger partial charge in [0.15, 0.2) is 5.16 Å². The number of pyridine rings is 1. The number of nitrogens with one attached hydrogen (secondary N) is 2. The molecule has 1 aliphatic carbocycles. The van der Waals surface area contributed by atoms with Crippen LogP contribution in [0.25, 0.3) is 0 Å². The van der Waals surface area contributed by atoms with Crippen LogP contribution in [0.3, 0.4) is 0 Å². The molecule has 1 aliphatic rings. The Morgan fingerprint density at radius 2 is 2.12 bits per heavy atom. The number of nitrogens with zero attached hydrogens (tertiary/aromatic N) is 3. The molecule has 0 radical (unpaired) electrons. The second kappa shape index (κ2) is 8.36. The molecule has 0 atom stereocenters. The van der Waals surface area contributed by atoms with Gasteiger partial charge in [-0.1, -0.05) is 24.6 Å². The summed E-state index contributed by atoms with van der Waals surface area (Å²) in [6.45, 7) is 0.747. The standard InChI is InChI=1S/C16H24N6O2S2/c1-25-16-21-20-15(22(16)12-5-2-3-6-12)7-4-10-18-14-9-8-13(11-19-14)26(17,23)24/h8-9,11-12H,2-7,10H2,1H3,(H,18,19)(H2,17,23,24)/p+1. The first-order valence-electron chi connectivity index (χ1n) is 8.75. The number of nitrogens with two attached hydrogens (primary N) is 1. The predicted octanol–water partition coefficient (Wildman–Crippen LogP) is 1.62. The summed E-state index contributed by atoms with van der Waals surface area (Å²) in [6, 6.07) is 3.69.